The van der Waals surface area contributed by atoms with Gasteiger partial charge in [0, 0.05) is 18.7 Å². The minimum atomic E-state index is -0.191. The maximum Gasteiger partial charge on any atom is 0.269 e. The molecule has 3 rings (SSSR count). The van der Waals surface area contributed by atoms with Crippen LogP contribution in [0, 0.1) is 5.92 Å². The van der Waals surface area contributed by atoms with Crippen molar-refractivity contribution in [1.82, 2.24) is 14.9 Å². The molecule has 8 heteroatoms. The summed E-state index contributed by atoms with van der Waals surface area (Å²) in [6.07, 6.45) is 2.24. The Labute approximate surface area is 175 Å². The number of rotatable bonds is 6. The third-order valence-electron chi connectivity index (χ3n) is 5.14. The van der Waals surface area contributed by atoms with Gasteiger partial charge in [0.1, 0.15) is 4.88 Å². The second kappa shape index (κ2) is 9.45. The first-order valence-electron chi connectivity index (χ1n) is 10.0. The molecule has 2 aromatic rings. The Morgan fingerprint density at radius 2 is 1.97 bits per heavy atom. The van der Waals surface area contributed by atoms with Crippen molar-refractivity contribution in [2.75, 3.05) is 5.32 Å². The molecule has 3 atom stereocenters. The standard InChI is InChI=1S/C21H28N4O3S/c1-5-17-20(29-25-24-17)21(27)23-15-8-6-14(7-9-15)19-11-16(22-13(4)26)10-18(28-19)12(2)3/h6-9,12,16,18-19H,5,10-11H2,1-4H3,(H,22,26)(H,23,27)/t16-,18-,19+/m1/s1. The number of hydrogen-bond acceptors (Lipinski definition) is 6. The Balaban J connectivity index is 1.69. The third kappa shape index (κ3) is 5.39. The number of carbonyl (C=O) groups excluding carboxylic acids is 2. The summed E-state index contributed by atoms with van der Waals surface area (Å²) in [7, 11) is 0. The van der Waals surface area contributed by atoms with Gasteiger partial charge >= 0.3 is 0 Å². The van der Waals surface area contributed by atoms with Crippen LogP contribution in [0.2, 0.25) is 0 Å². The van der Waals surface area contributed by atoms with E-state index in [0.717, 1.165) is 29.9 Å². The van der Waals surface area contributed by atoms with Gasteiger partial charge in [0.2, 0.25) is 5.91 Å². The van der Waals surface area contributed by atoms with Gasteiger partial charge in [-0.3, -0.25) is 9.59 Å². The second-order valence-corrected chi connectivity index (χ2v) is 8.51. The van der Waals surface area contributed by atoms with Crippen molar-refractivity contribution in [1.29, 1.82) is 0 Å². The average molecular weight is 417 g/mol. The lowest BCUT2D eigenvalue weighted by Gasteiger charge is -2.37. The van der Waals surface area contributed by atoms with E-state index >= 15 is 0 Å². The molecule has 29 heavy (non-hydrogen) atoms. The molecule has 2 heterocycles. The highest BCUT2D eigenvalue weighted by molar-refractivity contribution is 7.08. The maximum absolute atomic E-state index is 12.5. The highest BCUT2D eigenvalue weighted by atomic mass is 32.1. The van der Waals surface area contributed by atoms with E-state index in [-0.39, 0.29) is 30.1 Å². The van der Waals surface area contributed by atoms with Crippen LogP contribution in [0.4, 0.5) is 5.69 Å². The molecule has 156 valence electrons. The molecule has 1 aliphatic heterocycles. The first-order chi connectivity index (χ1) is 13.9. The van der Waals surface area contributed by atoms with Crippen molar-refractivity contribution >= 4 is 29.0 Å². The quantitative estimate of drug-likeness (QED) is 0.748. The highest BCUT2D eigenvalue weighted by Crippen LogP contribution is 2.34. The number of nitrogens with one attached hydrogen (secondary N) is 2. The second-order valence-electron chi connectivity index (χ2n) is 7.75. The molecule has 0 spiro atoms. The largest absolute Gasteiger partial charge is 0.370 e. The predicted molar refractivity (Wildman–Crippen MR) is 113 cm³/mol. The van der Waals surface area contributed by atoms with Crippen LogP contribution in [0.25, 0.3) is 0 Å². The van der Waals surface area contributed by atoms with Gasteiger partial charge in [-0.15, -0.1) is 5.10 Å². The summed E-state index contributed by atoms with van der Waals surface area (Å²) in [5.41, 5.74) is 2.46. The lowest BCUT2D eigenvalue weighted by Crippen LogP contribution is -2.43. The van der Waals surface area contributed by atoms with Crippen molar-refractivity contribution in [2.45, 2.75) is 65.2 Å². The molecule has 2 amide bonds. The van der Waals surface area contributed by atoms with Gasteiger partial charge in [-0.25, -0.2) is 0 Å². The summed E-state index contributed by atoms with van der Waals surface area (Å²) >= 11 is 1.11. The maximum atomic E-state index is 12.5. The van der Waals surface area contributed by atoms with Crippen LogP contribution in [0.5, 0.6) is 0 Å². The number of aromatic nitrogens is 2. The SMILES string of the molecule is CCc1nnsc1C(=O)Nc1ccc([C@@H]2C[C@H](NC(C)=O)C[C@H](C(C)C)O2)cc1. The number of anilines is 1. The van der Waals surface area contributed by atoms with Gasteiger partial charge in [-0.2, -0.15) is 0 Å². The van der Waals surface area contributed by atoms with E-state index in [1.807, 2.05) is 31.2 Å². The van der Waals surface area contributed by atoms with Crippen LogP contribution in [0.3, 0.4) is 0 Å². The fourth-order valence-electron chi connectivity index (χ4n) is 3.59. The number of benzene rings is 1. The van der Waals surface area contributed by atoms with Crippen LogP contribution in [0.1, 0.15) is 67.6 Å². The van der Waals surface area contributed by atoms with E-state index in [4.69, 9.17) is 4.74 Å². The Bertz CT molecular complexity index is 850. The fourth-order valence-corrected chi connectivity index (χ4v) is 4.23. The molecular weight excluding hydrogens is 388 g/mol. The first-order valence-corrected chi connectivity index (χ1v) is 10.8. The number of hydrogen-bond donors (Lipinski definition) is 2. The minimum absolute atomic E-state index is 0.0137. The van der Waals surface area contributed by atoms with Gasteiger partial charge < -0.3 is 15.4 Å². The summed E-state index contributed by atoms with van der Waals surface area (Å²) in [5.74, 6) is 0.165. The minimum Gasteiger partial charge on any atom is -0.370 e. The normalized spacial score (nSPS) is 21.8. The molecule has 1 aromatic heterocycles. The molecule has 7 nitrogen and oxygen atoms in total. The van der Waals surface area contributed by atoms with Gasteiger partial charge in [-0.05, 0) is 54.4 Å². The van der Waals surface area contributed by atoms with Crippen molar-refractivity contribution in [3.8, 4) is 0 Å². The average Bonchev–Trinajstić information content (AvgIpc) is 3.16. The van der Waals surface area contributed by atoms with E-state index in [1.165, 1.54) is 0 Å². The smallest absolute Gasteiger partial charge is 0.269 e. The number of carbonyl (C=O) groups is 2. The number of amides is 2. The molecule has 0 aliphatic carbocycles. The summed E-state index contributed by atoms with van der Waals surface area (Å²) in [4.78, 5) is 24.5. The topological polar surface area (TPSA) is 93.2 Å². The lowest BCUT2D eigenvalue weighted by molar-refractivity contribution is -0.123. The Kier molecular flexibility index (Phi) is 6.97. The Morgan fingerprint density at radius 1 is 1.24 bits per heavy atom. The molecule has 0 unspecified atom stereocenters. The van der Waals surface area contributed by atoms with E-state index in [1.54, 1.807) is 6.92 Å². The van der Waals surface area contributed by atoms with E-state index < -0.39 is 0 Å². The molecule has 1 saturated heterocycles. The number of aryl methyl sites for hydroxylation is 1. The van der Waals surface area contributed by atoms with Gasteiger partial charge in [0.15, 0.2) is 0 Å². The summed E-state index contributed by atoms with van der Waals surface area (Å²) in [6, 6.07) is 7.80. The van der Waals surface area contributed by atoms with Crippen molar-refractivity contribution in [2.24, 2.45) is 5.92 Å². The van der Waals surface area contributed by atoms with Crippen LogP contribution in [0.15, 0.2) is 24.3 Å². The summed E-state index contributed by atoms with van der Waals surface area (Å²) < 4.78 is 10.2. The van der Waals surface area contributed by atoms with Crippen LogP contribution < -0.4 is 10.6 Å². The third-order valence-corrected chi connectivity index (χ3v) is 5.91. The van der Waals surface area contributed by atoms with Crippen molar-refractivity contribution in [3.05, 3.63) is 40.4 Å². The molecule has 0 radical (unpaired) electrons. The zero-order valence-electron chi connectivity index (χ0n) is 17.3. The van der Waals surface area contributed by atoms with Crippen LogP contribution >= 0.6 is 11.5 Å². The molecule has 0 saturated carbocycles. The molecule has 1 aliphatic rings. The molecular formula is C21H28N4O3S. The van der Waals surface area contributed by atoms with Gasteiger partial charge in [0.25, 0.3) is 5.91 Å². The summed E-state index contributed by atoms with van der Waals surface area (Å²) in [6.45, 7) is 7.77. The summed E-state index contributed by atoms with van der Waals surface area (Å²) in [5, 5.41) is 9.93. The van der Waals surface area contributed by atoms with E-state index in [0.29, 0.717) is 28.6 Å². The fraction of sp³-hybridized carbons (Fsp3) is 0.524. The zero-order valence-corrected chi connectivity index (χ0v) is 18.1. The first kappa shape index (κ1) is 21.4. The Hall–Kier alpha value is -2.32. The number of ether oxygens (including phenoxy) is 1. The van der Waals surface area contributed by atoms with Crippen molar-refractivity contribution < 1.29 is 14.3 Å². The van der Waals surface area contributed by atoms with Crippen molar-refractivity contribution in [3.63, 3.8) is 0 Å². The molecule has 1 aromatic carbocycles. The van der Waals surface area contributed by atoms with Gasteiger partial charge in [-0.1, -0.05) is 37.4 Å². The Morgan fingerprint density at radius 3 is 2.59 bits per heavy atom. The molecule has 2 N–H and O–H groups in total. The predicted octanol–water partition coefficient (Wildman–Crippen LogP) is 3.73. The van der Waals surface area contributed by atoms with Gasteiger partial charge in [0.05, 0.1) is 17.9 Å². The van der Waals surface area contributed by atoms with E-state index in [9.17, 15) is 9.59 Å². The zero-order chi connectivity index (χ0) is 21.0. The monoisotopic (exact) mass is 416 g/mol. The lowest BCUT2D eigenvalue weighted by atomic mass is 9.90. The van der Waals surface area contributed by atoms with Crippen LogP contribution in [-0.4, -0.2) is 33.5 Å². The molecule has 1 fully saturated rings. The van der Waals surface area contributed by atoms with Crippen LogP contribution in [-0.2, 0) is 16.0 Å². The molecule has 0 bridgehead atoms. The number of nitrogens with zero attached hydrogens (tertiary/aromatic N) is 2. The van der Waals surface area contributed by atoms with E-state index in [2.05, 4.69) is 34.1 Å². The highest BCUT2D eigenvalue weighted by Gasteiger charge is 2.32.